The maximum Gasteiger partial charge on any atom is 0.310 e. The molecule has 0 aliphatic carbocycles. The van der Waals surface area contributed by atoms with E-state index in [1.54, 1.807) is 6.92 Å². The number of primary amides is 1. The molecule has 1 aromatic rings. The number of nitrogens with two attached hydrogens (primary N) is 1. The monoisotopic (exact) mass is 393 g/mol. The van der Waals surface area contributed by atoms with Gasteiger partial charge in [0, 0.05) is 12.8 Å². The van der Waals surface area contributed by atoms with Crippen molar-refractivity contribution < 1.29 is 24.4 Å². The number of benzene rings is 1. The standard InChI is InChI=1S/C20H28NO5P/c1-13(2)10-15-4-6-16(7-5-15)11-14(3)12-20(25,27-26)17(19(23)24)8-9-18(21)22/h4-7,11,13,17,25H,8-10,12H2,1-3H3,(H2,21,22)(H,23,24)/b14-11+. The number of rotatable bonds is 11. The molecule has 2 atom stereocenters. The van der Waals surface area contributed by atoms with Crippen molar-refractivity contribution in [2.45, 2.75) is 51.8 Å². The van der Waals surface area contributed by atoms with Crippen molar-refractivity contribution in [3.05, 3.63) is 41.0 Å². The Labute approximate surface area is 161 Å². The molecule has 7 heteroatoms. The molecule has 6 nitrogen and oxygen atoms in total. The molecule has 1 rings (SSSR count). The first-order chi connectivity index (χ1) is 12.6. The molecule has 0 aliphatic rings. The van der Waals surface area contributed by atoms with E-state index in [0.29, 0.717) is 11.5 Å². The Bertz CT molecular complexity index is 699. The number of aliphatic carboxylic acids is 1. The van der Waals surface area contributed by atoms with Crippen LogP contribution in [0.4, 0.5) is 0 Å². The van der Waals surface area contributed by atoms with Gasteiger partial charge in [-0.15, -0.1) is 0 Å². The molecule has 1 aromatic carbocycles. The molecule has 0 saturated heterocycles. The average molecular weight is 393 g/mol. The van der Waals surface area contributed by atoms with E-state index in [1.165, 1.54) is 5.56 Å². The van der Waals surface area contributed by atoms with E-state index in [4.69, 9.17) is 5.73 Å². The highest BCUT2D eigenvalue weighted by Crippen LogP contribution is 2.38. The fraction of sp³-hybridized carbons (Fsp3) is 0.500. The summed E-state index contributed by atoms with van der Waals surface area (Å²) in [7, 11) is -0.701. The molecule has 0 aromatic heterocycles. The fourth-order valence-electron chi connectivity index (χ4n) is 3.03. The molecule has 0 saturated carbocycles. The predicted octanol–water partition coefficient (Wildman–Crippen LogP) is 3.63. The van der Waals surface area contributed by atoms with Crippen LogP contribution in [0, 0.1) is 11.8 Å². The van der Waals surface area contributed by atoms with Gasteiger partial charge < -0.3 is 15.9 Å². The van der Waals surface area contributed by atoms with Gasteiger partial charge in [-0.05, 0) is 36.8 Å². The topological polar surface area (TPSA) is 118 Å². The van der Waals surface area contributed by atoms with Crippen molar-refractivity contribution >= 4 is 26.4 Å². The Morgan fingerprint density at radius 1 is 1.26 bits per heavy atom. The van der Waals surface area contributed by atoms with Crippen LogP contribution in [0.15, 0.2) is 29.8 Å². The van der Waals surface area contributed by atoms with E-state index in [-0.39, 0.29) is 19.3 Å². The maximum atomic E-state index is 11.6. The number of aliphatic hydroxyl groups is 1. The third-order valence-corrected chi connectivity index (χ3v) is 5.06. The minimum absolute atomic E-state index is 0.0957. The largest absolute Gasteiger partial charge is 0.481 e. The van der Waals surface area contributed by atoms with Crippen molar-refractivity contribution in [2.75, 3.05) is 0 Å². The predicted molar refractivity (Wildman–Crippen MR) is 105 cm³/mol. The van der Waals surface area contributed by atoms with Gasteiger partial charge in [-0.25, -0.2) is 0 Å². The highest BCUT2D eigenvalue weighted by molar-refractivity contribution is 7.25. The quantitative estimate of drug-likeness (QED) is 0.496. The Morgan fingerprint density at radius 2 is 1.85 bits per heavy atom. The summed E-state index contributed by atoms with van der Waals surface area (Å²) in [5.74, 6) is -2.78. The third-order valence-electron chi connectivity index (χ3n) is 4.27. The highest BCUT2D eigenvalue weighted by atomic mass is 31.1. The van der Waals surface area contributed by atoms with Crippen LogP contribution in [-0.2, 0) is 20.6 Å². The lowest BCUT2D eigenvalue weighted by molar-refractivity contribution is -0.147. The zero-order valence-electron chi connectivity index (χ0n) is 16.0. The molecule has 0 fully saturated rings. The molecule has 0 spiro atoms. The van der Waals surface area contributed by atoms with E-state index >= 15 is 0 Å². The van der Waals surface area contributed by atoms with Gasteiger partial charge in [0.1, 0.15) is 0 Å². The average Bonchev–Trinajstić information content (AvgIpc) is 2.55. The molecule has 1 amide bonds. The third kappa shape index (κ3) is 7.61. The molecule has 4 N–H and O–H groups in total. The summed E-state index contributed by atoms with van der Waals surface area (Å²) in [6.07, 6.45) is 2.34. The molecule has 27 heavy (non-hydrogen) atoms. The molecular weight excluding hydrogens is 365 g/mol. The van der Waals surface area contributed by atoms with Crippen LogP contribution >= 0.6 is 8.46 Å². The molecule has 0 aliphatic heterocycles. The summed E-state index contributed by atoms with van der Waals surface area (Å²) in [5, 5.41) is 18.0. The summed E-state index contributed by atoms with van der Waals surface area (Å²) >= 11 is 0. The second-order valence-electron chi connectivity index (χ2n) is 7.37. The summed E-state index contributed by atoms with van der Waals surface area (Å²) < 4.78 is 11.6. The van der Waals surface area contributed by atoms with Gasteiger partial charge in [-0.2, -0.15) is 0 Å². The number of hydrogen-bond acceptors (Lipinski definition) is 4. The number of carboxylic acid groups (broad SMARTS) is 1. The molecule has 0 heterocycles. The van der Waals surface area contributed by atoms with Crippen molar-refractivity contribution in [1.82, 2.24) is 0 Å². The number of carboxylic acids is 1. The van der Waals surface area contributed by atoms with Gasteiger partial charge in [0.05, 0.1) is 5.92 Å². The fourth-order valence-corrected chi connectivity index (χ4v) is 3.71. The zero-order chi connectivity index (χ0) is 20.6. The Morgan fingerprint density at radius 3 is 2.30 bits per heavy atom. The smallest absolute Gasteiger partial charge is 0.310 e. The summed E-state index contributed by atoms with van der Waals surface area (Å²) in [6, 6.07) is 7.97. The number of amides is 1. The molecule has 0 bridgehead atoms. The molecule has 2 unspecified atom stereocenters. The van der Waals surface area contributed by atoms with Crippen LogP contribution in [0.5, 0.6) is 0 Å². The van der Waals surface area contributed by atoms with E-state index in [2.05, 4.69) is 13.8 Å². The van der Waals surface area contributed by atoms with Crippen LogP contribution < -0.4 is 5.73 Å². The van der Waals surface area contributed by atoms with Gasteiger partial charge in [-0.1, -0.05) is 49.8 Å². The van der Waals surface area contributed by atoms with Crippen LogP contribution in [-0.4, -0.2) is 27.4 Å². The lowest BCUT2D eigenvalue weighted by Crippen LogP contribution is -2.38. The van der Waals surface area contributed by atoms with Crippen LogP contribution in [0.3, 0.4) is 0 Å². The van der Waals surface area contributed by atoms with Gasteiger partial charge in [0.25, 0.3) is 0 Å². The SMILES string of the molecule is C/C(=C\c1ccc(CC(C)C)cc1)CC(O)(P=O)C(CCC(N)=O)C(=O)O. The van der Waals surface area contributed by atoms with Crippen molar-refractivity contribution in [1.29, 1.82) is 0 Å². The van der Waals surface area contributed by atoms with Crippen molar-refractivity contribution in [3.8, 4) is 0 Å². The van der Waals surface area contributed by atoms with Gasteiger partial charge in [0.15, 0.2) is 13.8 Å². The Balaban J connectivity index is 2.95. The van der Waals surface area contributed by atoms with Crippen LogP contribution in [0.1, 0.15) is 51.2 Å². The number of carbonyl (C=O) groups is 2. The zero-order valence-corrected chi connectivity index (χ0v) is 16.9. The normalized spacial score (nSPS) is 15.5. The Hall–Kier alpha value is -2.04. The first-order valence-electron chi connectivity index (χ1n) is 8.91. The van der Waals surface area contributed by atoms with Crippen LogP contribution in [0.25, 0.3) is 6.08 Å². The molecular formula is C20H28NO5P. The molecule has 148 valence electrons. The lowest BCUT2D eigenvalue weighted by Gasteiger charge is -2.27. The first kappa shape index (κ1) is 23.0. The highest BCUT2D eigenvalue weighted by Gasteiger charge is 2.42. The van der Waals surface area contributed by atoms with Gasteiger partial charge >= 0.3 is 5.97 Å². The number of hydrogen-bond donors (Lipinski definition) is 3. The van der Waals surface area contributed by atoms with Crippen molar-refractivity contribution in [3.63, 3.8) is 0 Å². The second kappa shape index (κ2) is 10.3. The lowest BCUT2D eigenvalue weighted by atomic mass is 9.90. The van der Waals surface area contributed by atoms with E-state index in [9.17, 15) is 24.4 Å². The maximum absolute atomic E-state index is 11.6. The molecule has 0 radical (unpaired) electrons. The van der Waals surface area contributed by atoms with E-state index < -0.39 is 31.6 Å². The Kier molecular flexibility index (Phi) is 8.80. The van der Waals surface area contributed by atoms with Gasteiger partial charge in [-0.3, -0.25) is 14.2 Å². The van der Waals surface area contributed by atoms with Crippen molar-refractivity contribution in [2.24, 2.45) is 17.6 Å². The van der Waals surface area contributed by atoms with Gasteiger partial charge in [0.2, 0.25) is 5.91 Å². The van der Waals surface area contributed by atoms with E-state index in [0.717, 1.165) is 12.0 Å². The van der Waals surface area contributed by atoms with E-state index in [1.807, 2.05) is 30.3 Å². The first-order valence-corrected chi connectivity index (χ1v) is 9.72. The number of carbonyl (C=O) groups excluding carboxylic acids is 1. The minimum Gasteiger partial charge on any atom is -0.481 e. The van der Waals surface area contributed by atoms with Crippen LogP contribution in [0.2, 0.25) is 0 Å². The summed E-state index contributed by atoms with van der Waals surface area (Å²) in [6.45, 7) is 6.04. The summed E-state index contributed by atoms with van der Waals surface area (Å²) in [5.41, 5.74) is 7.89. The minimum atomic E-state index is -2.00. The second-order valence-corrected chi connectivity index (χ2v) is 8.33. The summed E-state index contributed by atoms with van der Waals surface area (Å²) in [4.78, 5) is 22.5.